The van der Waals surface area contributed by atoms with Gasteiger partial charge >= 0.3 is 5.97 Å². The smallest absolute Gasteiger partial charge is 0.306 e. The first-order chi connectivity index (χ1) is 27.6. The number of esters is 1. The maximum Gasteiger partial charge on any atom is 0.306 e. The van der Waals surface area contributed by atoms with Crippen LogP contribution in [0.1, 0.15) is 142 Å². The molecule has 0 aromatic heterocycles. The Morgan fingerprint density at radius 1 is 0.579 bits per heavy atom. The molecule has 7 N–H and O–H groups in total. The van der Waals surface area contributed by atoms with E-state index < -0.39 is 86.7 Å². The minimum atomic E-state index is -1.70. The van der Waals surface area contributed by atoms with E-state index in [1.165, 1.54) is 57.8 Å². The van der Waals surface area contributed by atoms with Crippen molar-refractivity contribution in [1.29, 1.82) is 0 Å². The second kappa shape index (κ2) is 32.3. The molecule has 2 aliphatic heterocycles. The van der Waals surface area contributed by atoms with E-state index in [1.54, 1.807) is 0 Å². The molecule has 14 heteroatoms. The lowest BCUT2D eigenvalue weighted by molar-refractivity contribution is -0.332. The van der Waals surface area contributed by atoms with Crippen LogP contribution in [-0.4, -0.2) is 142 Å². The lowest BCUT2D eigenvalue weighted by Gasteiger charge is -2.42. The molecule has 2 heterocycles. The largest absolute Gasteiger partial charge is 0.457 e. The molecule has 0 radical (unpaired) electrons. The van der Waals surface area contributed by atoms with Gasteiger partial charge in [-0.3, -0.25) is 4.79 Å². The lowest BCUT2D eigenvalue weighted by Crippen LogP contribution is -2.61. The first-order valence-corrected chi connectivity index (χ1v) is 21.9. The standard InChI is InChI=1S/C43H78O14/c1-3-5-7-9-10-11-12-13-14-15-16-17-18-19-20-21-23-25-27-52-29-32(55-35(45)26-24-22-8-6-4-2)30-53-42-41(51)39(49)37(47)34(57-42)31-54-43-40(50)38(48)36(46)33(28-44)56-43/h10-11,13-14,32-34,36-44,46-51H,3-9,12,15-31H2,1-2H3/b11-10-,14-13-. The second-order valence-corrected chi connectivity index (χ2v) is 15.5. The van der Waals surface area contributed by atoms with Crippen LogP contribution in [0, 0.1) is 0 Å². The van der Waals surface area contributed by atoms with Crippen LogP contribution < -0.4 is 0 Å². The number of aliphatic hydroxyl groups is 7. The Morgan fingerprint density at radius 2 is 1.09 bits per heavy atom. The molecule has 11 atom stereocenters. The molecule has 0 bridgehead atoms. The Bertz CT molecular complexity index is 1040. The average Bonchev–Trinajstić information content (AvgIpc) is 3.20. The van der Waals surface area contributed by atoms with Crippen LogP contribution in [0.2, 0.25) is 0 Å². The molecule has 334 valence electrons. The number of ether oxygens (including phenoxy) is 6. The third kappa shape index (κ3) is 21.5. The number of carbonyl (C=O) groups is 1. The molecule has 57 heavy (non-hydrogen) atoms. The molecule has 2 rings (SSSR count). The number of hydrogen-bond donors (Lipinski definition) is 7. The minimum absolute atomic E-state index is 0.0584. The van der Waals surface area contributed by atoms with Gasteiger partial charge in [-0.05, 0) is 44.9 Å². The van der Waals surface area contributed by atoms with Crippen molar-refractivity contribution in [3.8, 4) is 0 Å². The summed E-state index contributed by atoms with van der Waals surface area (Å²) in [5.74, 6) is -0.392. The van der Waals surface area contributed by atoms with Gasteiger partial charge in [0.25, 0.3) is 0 Å². The summed E-state index contributed by atoms with van der Waals surface area (Å²) < 4.78 is 33.9. The zero-order chi connectivity index (χ0) is 41.7. The zero-order valence-corrected chi connectivity index (χ0v) is 34.8. The highest BCUT2D eigenvalue weighted by Gasteiger charge is 2.47. The third-order valence-electron chi connectivity index (χ3n) is 10.5. The summed E-state index contributed by atoms with van der Waals surface area (Å²) in [6.07, 6.45) is 14.5. The fraction of sp³-hybridized carbons (Fsp3) is 0.884. The zero-order valence-electron chi connectivity index (χ0n) is 34.8. The minimum Gasteiger partial charge on any atom is -0.457 e. The summed E-state index contributed by atoms with van der Waals surface area (Å²) in [6.45, 7) is 3.53. The Labute approximate surface area is 341 Å². The predicted molar refractivity (Wildman–Crippen MR) is 215 cm³/mol. The van der Waals surface area contributed by atoms with Crippen LogP contribution in [0.5, 0.6) is 0 Å². The molecule has 0 saturated carbocycles. The van der Waals surface area contributed by atoms with Gasteiger partial charge in [0.1, 0.15) is 54.9 Å². The average molecular weight is 819 g/mol. The monoisotopic (exact) mass is 819 g/mol. The molecule has 2 aliphatic rings. The Balaban J connectivity index is 1.74. The summed E-state index contributed by atoms with van der Waals surface area (Å²) >= 11 is 0. The quantitative estimate of drug-likeness (QED) is 0.0276. The molecule has 14 nitrogen and oxygen atoms in total. The van der Waals surface area contributed by atoms with Crippen LogP contribution in [0.3, 0.4) is 0 Å². The number of allylic oxidation sites excluding steroid dienone is 4. The molecular weight excluding hydrogens is 740 g/mol. The molecule has 11 unspecified atom stereocenters. The first-order valence-electron chi connectivity index (χ1n) is 21.9. The number of unbranched alkanes of at least 4 members (excludes halogenated alkanes) is 15. The maximum absolute atomic E-state index is 12.7. The highest BCUT2D eigenvalue weighted by Crippen LogP contribution is 2.26. The number of hydrogen-bond acceptors (Lipinski definition) is 14. The molecule has 0 aromatic rings. The van der Waals surface area contributed by atoms with Gasteiger partial charge in [-0.15, -0.1) is 0 Å². The van der Waals surface area contributed by atoms with Crippen molar-refractivity contribution in [3.63, 3.8) is 0 Å². The van der Waals surface area contributed by atoms with E-state index in [1.807, 2.05) is 0 Å². The van der Waals surface area contributed by atoms with Gasteiger partial charge in [0.05, 0.1) is 26.4 Å². The molecule has 0 amide bonds. The number of rotatable bonds is 33. The van der Waals surface area contributed by atoms with Crippen molar-refractivity contribution >= 4 is 5.97 Å². The SMILES string of the molecule is CCCCC/C=C\C/C=C\CCCCCCCCCCOCC(COC1OC(COC2OC(CO)C(O)C(O)C2O)C(O)C(O)C1O)OC(=O)CCCCCCC. The molecule has 0 aliphatic carbocycles. The predicted octanol–water partition coefficient (Wildman–Crippen LogP) is 4.51. The molecular formula is C43H78O14. The first kappa shape index (κ1) is 51.6. The van der Waals surface area contributed by atoms with Crippen molar-refractivity contribution in [3.05, 3.63) is 24.3 Å². The van der Waals surface area contributed by atoms with E-state index >= 15 is 0 Å². The maximum atomic E-state index is 12.7. The molecule has 2 fully saturated rings. The van der Waals surface area contributed by atoms with Crippen molar-refractivity contribution in [2.75, 3.05) is 33.0 Å². The van der Waals surface area contributed by atoms with Gasteiger partial charge in [0.2, 0.25) is 0 Å². The van der Waals surface area contributed by atoms with Crippen LogP contribution in [-0.2, 0) is 33.2 Å². The molecule has 0 aromatic carbocycles. The summed E-state index contributed by atoms with van der Waals surface area (Å²) in [5, 5.41) is 71.6. The fourth-order valence-corrected chi connectivity index (χ4v) is 6.78. The van der Waals surface area contributed by atoms with Crippen LogP contribution in [0.4, 0.5) is 0 Å². The normalized spacial score (nSPS) is 28.7. The van der Waals surface area contributed by atoms with Gasteiger partial charge in [-0.1, -0.05) is 115 Å². The van der Waals surface area contributed by atoms with Gasteiger partial charge in [0, 0.05) is 13.0 Å². The lowest BCUT2D eigenvalue weighted by atomic mass is 9.98. The Kier molecular flexibility index (Phi) is 29.2. The Morgan fingerprint density at radius 3 is 1.72 bits per heavy atom. The third-order valence-corrected chi connectivity index (χ3v) is 10.5. The highest BCUT2D eigenvalue weighted by atomic mass is 16.7. The van der Waals surface area contributed by atoms with Crippen molar-refractivity contribution in [1.82, 2.24) is 0 Å². The second-order valence-electron chi connectivity index (χ2n) is 15.5. The molecule has 2 saturated heterocycles. The van der Waals surface area contributed by atoms with E-state index in [4.69, 9.17) is 28.4 Å². The summed E-state index contributed by atoms with van der Waals surface area (Å²) in [5.41, 5.74) is 0. The van der Waals surface area contributed by atoms with Gasteiger partial charge < -0.3 is 64.2 Å². The topological polar surface area (TPSA) is 214 Å². The highest BCUT2D eigenvalue weighted by molar-refractivity contribution is 5.69. The van der Waals surface area contributed by atoms with E-state index in [0.29, 0.717) is 13.0 Å². The van der Waals surface area contributed by atoms with E-state index in [0.717, 1.165) is 57.8 Å². The van der Waals surface area contributed by atoms with Gasteiger partial charge in [-0.25, -0.2) is 0 Å². The van der Waals surface area contributed by atoms with Gasteiger partial charge in [-0.2, -0.15) is 0 Å². The summed E-state index contributed by atoms with van der Waals surface area (Å²) in [7, 11) is 0. The fourth-order valence-electron chi connectivity index (χ4n) is 6.78. The van der Waals surface area contributed by atoms with E-state index in [-0.39, 0.29) is 19.6 Å². The van der Waals surface area contributed by atoms with Crippen LogP contribution in [0.15, 0.2) is 24.3 Å². The Hall–Kier alpha value is -1.53. The number of carbonyl (C=O) groups excluding carboxylic acids is 1. The van der Waals surface area contributed by atoms with Crippen molar-refractivity contribution in [2.24, 2.45) is 0 Å². The van der Waals surface area contributed by atoms with E-state index in [2.05, 4.69) is 38.2 Å². The van der Waals surface area contributed by atoms with Crippen LogP contribution >= 0.6 is 0 Å². The summed E-state index contributed by atoms with van der Waals surface area (Å²) in [6, 6.07) is 0. The van der Waals surface area contributed by atoms with E-state index in [9.17, 15) is 40.5 Å². The van der Waals surface area contributed by atoms with Gasteiger partial charge in [0.15, 0.2) is 12.6 Å². The van der Waals surface area contributed by atoms with Crippen molar-refractivity contribution < 1.29 is 69.0 Å². The summed E-state index contributed by atoms with van der Waals surface area (Å²) in [4.78, 5) is 12.7. The van der Waals surface area contributed by atoms with Crippen LogP contribution in [0.25, 0.3) is 0 Å². The van der Waals surface area contributed by atoms with Crippen molar-refractivity contribution in [2.45, 2.75) is 210 Å². The number of aliphatic hydroxyl groups excluding tert-OH is 7. The molecule has 0 spiro atoms.